The summed E-state index contributed by atoms with van der Waals surface area (Å²) in [5.41, 5.74) is 3.94. The summed E-state index contributed by atoms with van der Waals surface area (Å²) in [7, 11) is 0. The number of amides is 1. The van der Waals surface area contributed by atoms with Gasteiger partial charge in [-0.15, -0.1) is 0 Å². The lowest BCUT2D eigenvalue weighted by Gasteiger charge is -2.26. The number of ether oxygens (including phenoxy) is 2. The van der Waals surface area contributed by atoms with Gasteiger partial charge in [-0.1, -0.05) is 23.8 Å². The number of aryl methyl sites for hydroxylation is 1. The maximum absolute atomic E-state index is 13.0. The predicted octanol–water partition coefficient (Wildman–Crippen LogP) is 3.24. The van der Waals surface area contributed by atoms with Crippen LogP contribution in [-0.4, -0.2) is 63.4 Å². The zero-order chi connectivity index (χ0) is 21.5. The van der Waals surface area contributed by atoms with Gasteiger partial charge >= 0.3 is 0 Å². The van der Waals surface area contributed by atoms with E-state index >= 15 is 0 Å². The molecule has 0 saturated carbocycles. The van der Waals surface area contributed by atoms with E-state index in [9.17, 15) is 4.79 Å². The van der Waals surface area contributed by atoms with Crippen LogP contribution in [0.1, 0.15) is 34.3 Å². The predicted molar refractivity (Wildman–Crippen MR) is 123 cm³/mol. The fourth-order valence-corrected chi connectivity index (χ4v) is 4.21. The topological polar surface area (TPSA) is 54.0 Å². The summed E-state index contributed by atoms with van der Waals surface area (Å²) in [6.45, 7) is 9.64. The SMILES string of the molecule is Cc1ccc(N2CCCC2)c(C(=O)NCc2cccc(OCCN3CCOCC3)c2)c1. The molecule has 4 rings (SSSR count). The minimum atomic E-state index is -0.0239. The summed E-state index contributed by atoms with van der Waals surface area (Å²) in [4.78, 5) is 17.7. The maximum Gasteiger partial charge on any atom is 0.253 e. The highest BCUT2D eigenvalue weighted by Crippen LogP contribution is 2.26. The molecule has 0 bridgehead atoms. The van der Waals surface area contributed by atoms with Gasteiger partial charge < -0.3 is 19.7 Å². The van der Waals surface area contributed by atoms with Gasteiger partial charge in [0.15, 0.2) is 0 Å². The maximum atomic E-state index is 13.0. The summed E-state index contributed by atoms with van der Waals surface area (Å²) in [5.74, 6) is 0.817. The minimum Gasteiger partial charge on any atom is -0.492 e. The highest BCUT2D eigenvalue weighted by Gasteiger charge is 2.19. The zero-order valence-electron chi connectivity index (χ0n) is 18.4. The van der Waals surface area contributed by atoms with E-state index in [1.807, 2.05) is 37.3 Å². The molecule has 1 N–H and O–H groups in total. The Morgan fingerprint density at radius 2 is 1.87 bits per heavy atom. The molecule has 31 heavy (non-hydrogen) atoms. The zero-order valence-corrected chi connectivity index (χ0v) is 18.4. The first-order chi connectivity index (χ1) is 15.2. The Morgan fingerprint density at radius 1 is 1.06 bits per heavy atom. The lowest BCUT2D eigenvalue weighted by molar-refractivity contribution is 0.0322. The molecule has 2 saturated heterocycles. The summed E-state index contributed by atoms with van der Waals surface area (Å²) in [5, 5.41) is 3.10. The molecule has 0 spiro atoms. The highest BCUT2D eigenvalue weighted by atomic mass is 16.5. The molecule has 2 heterocycles. The Labute approximate surface area is 185 Å². The lowest BCUT2D eigenvalue weighted by Crippen LogP contribution is -2.38. The molecule has 0 radical (unpaired) electrons. The first kappa shape index (κ1) is 21.7. The van der Waals surface area contributed by atoms with Gasteiger partial charge in [0.05, 0.1) is 18.8 Å². The van der Waals surface area contributed by atoms with Gasteiger partial charge in [0, 0.05) is 45.0 Å². The molecule has 2 aromatic carbocycles. The first-order valence-corrected chi connectivity index (χ1v) is 11.3. The van der Waals surface area contributed by atoms with Crippen LogP contribution >= 0.6 is 0 Å². The van der Waals surface area contributed by atoms with Crippen LogP contribution in [-0.2, 0) is 11.3 Å². The van der Waals surface area contributed by atoms with Crippen molar-refractivity contribution in [3.63, 3.8) is 0 Å². The van der Waals surface area contributed by atoms with Crippen molar-refractivity contribution in [2.45, 2.75) is 26.3 Å². The van der Waals surface area contributed by atoms with E-state index in [0.717, 1.165) is 74.1 Å². The molecule has 0 aliphatic carbocycles. The van der Waals surface area contributed by atoms with Gasteiger partial charge in [0.25, 0.3) is 5.91 Å². The van der Waals surface area contributed by atoms with Crippen molar-refractivity contribution in [3.05, 3.63) is 59.2 Å². The van der Waals surface area contributed by atoms with Crippen molar-refractivity contribution in [2.24, 2.45) is 0 Å². The van der Waals surface area contributed by atoms with E-state index in [4.69, 9.17) is 9.47 Å². The van der Waals surface area contributed by atoms with Gasteiger partial charge in [0.2, 0.25) is 0 Å². The number of benzene rings is 2. The van der Waals surface area contributed by atoms with E-state index in [1.165, 1.54) is 12.8 Å². The van der Waals surface area contributed by atoms with Crippen LogP contribution in [0.5, 0.6) is 5.75 Å². The summed E-state index contributed by atoms with van der Waals surface area (Å²) < 4.78 is 11.3. The third kappa shape index (κ3) is 5.99. The number of carbonyl (C=O) groups excluding carboxylic acids is 1. The Morgan fingerprint density at radius 3 is 2.68 bits per heavy atom. The van der Waals surface area contributed by atoms with Crippen LogP contribution in [0.25, 0.3) is 0 Å². The summed E-state index contributed by atoms with van der Waals surface area (Å²) >= 11 is 0. The van der Waals surface area contributed by atoms with Gasteiger partial charge in [0.1, 0.15) is 12.4 Å². The van der Waals surface area contributed by atoms with Crippen molar-refractivity contribution >= 4 is 11.6 Å². The molecule has 0 unspecified atom stereocenters. The number of nitrogens with zero attached hydrogens (tertiary/aromatic N) is 2. The quantitative estimate of drug-likeness (QED) is 0.707. The van der Waals surface area contributed by atoms with Gasteiger partial charge in [-0.25, -0.2) is 0 Å². The highest BCUT2D eigenvalue weighted by molar-refractivity contribution is 6.00. The van der Waals surface area contributed by atoms with E-state index in [1.54, 1.807) is 0 Å². The molecule has 166 valence electrons. The van der Waals surface area contributed by atoms with E-state index in [2.05, 4.69) is 27.2 Å². The molecule has 2 aliphatic rings. The average molecular weight is 424 g/mol. The minimum absolute atomic E-state index is 0.0239. The van der Waals surface area contributed by atoms with Crippen molar-refractivity contribution in [1.29, 1.82) is 0 Å². The number of hydrogen-bond acceptors (Lipinski definition) is 5. The average Bonchev–Trinajstić information content (AvgIpc) is 3.33. The fourth-order valence-electron chi connectivity index (χ4n) is 4.21. The second-order valence-electron chi connectivity index (χ2n) is 8.35. The number of morpholine rings is 1. The normalized spacial score (nSPS) is 17.0. The standard InChI is InChI=1S/C25H33N3O3/c1-20-7-8-24(28-9-2-3-10-28)23(17-20)25(29)26-19-21-5-4-6-22(18-21)31-16-13-27-11-14-30-15-12-27/h4-8,17-18H,2-3,9-16,19H2,1H3,(H,26,29). The Kier molecular flexibility index (Phi) is 7.43. The number of carbonyl (C=O) groups is 1. The van der Waals surface area contributed by atoms with Crippen molar-refractivity contribution in [2.75, 3.05) is 57.4 Å². The lowest BCUT2D eigenvalue weighted by atomic mass is 10.1. The number of nitrogens with one attached hydrogen (secondary N) is 1. The van der Waals surface area contributed by atoms with E-state index in [-0.39, 0.29) is 5.91 Å². The van der Waals surface area contributed by atoms with E-state index < -0.39 is 0 Å². The molecular formula is C25H33N3O3. The molecule has 1 amide bonds. The van der Waals surface area contributed by atoms with Gasteiger partial charge in [-0.3, -0.25) is 9.69 Å². The van der Waals surface area contributed by atoms with Crippen LogP contribution in [0.15, 0.2) is 42.5 Å². The van der Waals surface area contributed by atoms with Crippen molar-refractivity contribution < 1.29 is 14.3 Å². The number of anilines is 1. The van der Waals surface area contributed by atoms with Gasteiger partial charge in [-0.05, 0) is 49.6 Å². The monoisotopic (exact) mass is 423 g/mol. The van der Waals surface area contributed by atoms with Crippen LogP contribution in [0, 0.1) is 6.92 Å². The molecular weight excluding hydrogens is 390 g/mol. The van der Waals surface area contributed by atoms with Crippen molar-refractivity contribution in [3.8, 4) is 5.75 Å². The second-order valence-corrected chi connectivity index (χ2v) is 8.35. The summed E-state index contributed by atoms with van der Waals surface area (Å²) in [6, 6.07) is 14.1. The van der Waals surface area contributed by atoms with Gasteiger partial charge in [-0.2, -0.15) is 0 Å². The number of rotatable bonds is 8. The van der Waals surface area contributed by atoms with Crippen LogP contribution in [0.4, 0.5) is 5.69 Å². The first-order valence-electron chi connectivity index (χ1n) is 11.3. The molecule has 2 aromatic rings. The molecule has 6 nitrogen and oxygen atoms in total. The Balaban J connectivity index is 1.32. The molecule has 0 aromatic heterocycles. The Bertz CT molecular complexity index is 874. The Hall–Kier alpha value is -2.57. The van der Waals surface area contributed by atoms with Crippen LogP contribution in [0.2, 0.25) is 0 Å². The van der Waals surface area contributed by atoms with Crippen LogP contribution in [0.3, 0.4) is 0 Å². The number of hydrogen-bond donors (Lipinski definition) is 1. The van der Waals surface area contributed by atoms with Crippen molar-refractivity contribution in [1.82, 2.24) is 10.2 Å². The third-order valence-electron chi connectivity index (χ3n) is 5.97. The van der Waals surface area contributed by atoms with E-state index in [0.29, 0.717) is 13.2 Å². The summed E-state index contributed by atoms with van der Waals surface area (Å²) in [6.07, 6.45) is 2.38. The fraction of sp³-hybridized carbons (Fsp3) is 0.480. The molecule has 2 aliphatic heterocycles. The smallest absolute Gasteiger partial charge is 0.253 e. The largest absolute Gasteiger partial charge is 0.492 e. The van der Waals surface area contributed by atoms with Crippen LogP contribution < -0.4 is 15.0 Å². The third-order valence-corrected chi connectivity index (χ3v) is 5.97. The second kappa shape index (κ2) is 10.6. The molecule has 0 atom stereocenters. The molecule has 6 heteroatoms. The molecule has 2 fully saturated rings.